The van der Waals surface area contributed by atoms with Gasteiger partial charge in [-0.1, -0.05) is 13.3 Å². The molecular weight excluding hydrogens is 258 g/mol. The molecule has 1 unspecified atom stereocenters. The first-order valence-corrected chi connectivity index (χ1v) is 7.56. The summed E-state index contributed by atoms with van der Waals surface area (Å²) in [6, 6.07) is -0.410. The summed E-state index contributed by atoms with van der Waals surface area (Å²) >= 11 is 0. The third-order valence-corrected chi connectivity index (χ3v) is 3.58. The number of urea groups is 1. The average Bonchev–Trinajstić information content (AvgIpc) is 2.39. The van der Waals surface area contributed by atoms with E-state index in [4.69, 9.17) is 5.11 Å². The highest BCUT2D eigenvalue weighted by molar-refractivity contribution is 5.95. The molecule has 20 heavy (non-hydrogen) atoms. The minimum Gasteiger partial charge on any atom is -0.396 e. The second kappa shape index (κ2) is 9.72. The van der Waals surface area contributed by atoms with Gasteiger partial charge in [-0.05, 0) is 38.1 Å². The number of carbonyl (C=O) groups excluding carboxylic acids is 2. The summed E-state index contributed by atoms with van der Waals surface area (Å²) in [6.07, 6.45) is 4.86. The molecule has 0 aromatic rings. The summed E-state index contributed by atoms with van der Waals surface area (Å²) in [6.45, 7) is 4.80. The fourth-order valence-corrected chi connectivity index (χ4v) is 2.51. The zero-order chi connectivity index (χ0) is 14.8. The number of aliphatic hydroxyl groups is 1. The van der Waals surface area contributed by atoms with Crippen molar-refractivity contribution in [2.45, 2.75) is 39.0 Å². The number of carbonyl (C=O) groups is 2. The minimum absolute atomic E-state index is 0.199. The molecule has 1 aliphatic heterocycles. The lowest BCUT2D eigenvalue weighted by Gasteiger charge is -2.31. The van der Waals surface area contributed by atoms with E-state index in [1.165, 1.54) is 0 Å². The lowest BCUT2D eigenvalue weighted by Crippen LogP contribution is -2.47. The standard InChI is InChI=1S/C14H27N3O3/c1-2-3-7-15-14(20)16-13(19)11-17-8-4-5-12(10-17)6-9-18/h12,18H,2-11H2,1H3,(H2,15,16,19,20). The van der Waals surface area contributed by atoms with Crippen LogP contribution in [0.5, 0.6) is 0 Å². The summed E-state index contributed by atoms with van der Waals surface area (Å²) in [5.41, 5.74) is 0. The monoisotopic (exact) mass is 285 g/mol. The third-order valence-electron chi connectivity index (χ3n) is 3.58. The topological polar surface area (TPSA) is 81.7 Å². The highest BCUT2D eigenvalue weighted by Crippen LogP contribution is 2.18. The van der Waals surface area contributed by atoms with Crippen molar-refractivity contribution in [1.82, 2.24) is 15.5 Å². The number of amides is 3. The quantitative estimate of drug-likeness (QED) is 0.602. The Morgan fingerprint density at radius 1 is 1.40 bits per heavy atom. The highest BCUT2D eigenvalue weighted by atomic mass is 16.3. The molecule has 0 aromatic heterocycles. The van der Waals surface area contributed by atoms with Crippen molar-refractivity contribution in [3.63, 3.8) is 0 Å². The van der Waals surface area contributed by atoms with E-state index < -0.39 is 6.03 Å². The Balaban J connectivity index is 2.22. The van der Waals surface area contributed by atoms with Crippen molar-refractivity contribution in [3.05, 3.63) is 0 Å². The van der Waals surface area contributed by atoms with E-state index in [2.05, 4.69) is 15.5 Å². The predicted molar refractivity (Wildman–Crippen MR) is 77.3 cm³/mol. The van der Waals surface area contributed by atoms with Gasteiger partial charge in [-0.3, -0.25) is 15.0 Å². The van der Waals surface area contributed by atoms with Crippen LogP contribution in [0.25, 0.3) is 0 Å². The van der Waals surface area contributed by atoms with E-state index in [-0.39, 0.29) is 19.1 Å². The third kappa shape index (κ3) is 6.86. The number of nitrogens with zero attached hydrogens (tertiary/aromatic N) is 1. The van der Waals surface area contributed by atoms with Gasteiger partial charge in [0.05, 0.1) is 6.54 Å². The Morgan fingerprint density at radius 2 is 2.20 bits per heavy atom. The fourth-order valence-electron chi connectivity index (χ4n) is 2.51. The molecule has 1 saturated heterocycles. The summed E-state index contributed by atoms with van der Waals surface area (Å²) in [5, 5.41) is 14.0. The number of imide groups is 1. The maximum absolute atomic E-state index is 11.8. The van der Waals surface area contributed by atoms with Crippen LogP contribution in [-0.2, 0) is 4.79 Å². The smallest absolute Gasteiger partial charge is 0.321 e. The maximum Gasteiger partial charge on any atom is 0.321 e. The molecular formula is C14H27N3O3. The number of hydrogen-bond acceptors (Lipinski definition) is 4. The lowest BCUT2D eigenvalue weighted by molar-refractivity contribution is -0.121. The Morgan fingerprint density at radius 3 is 2.90 bits per heavy atom. The van der Waals surface area contributed by atoms with Crippen LogP contribution in [0, 0.1) is 5.92 Å². The van der Waals surface area contributed by atoms with Crippen molar-refractivity contribution >= 4 is 11.9 Å². The predicted octanol–water partition coefficient (Wildman–Crippen LogP) is 0.707. The molecule has 1 atom stereocenters. The van der Waals surface area contributed by atoms with E-state index in [1.807, 2.05) is 6.92 Å². The SMILES string of the molecule is CCCCNC(=O)NC(=O)CN1CCCC(CCO)C1. The van der Waals surface area contributed by atoms with Crippen molar-refractivity contribution in [2.24, 2.45) is 5.92 Å². The summed E-state index contributed by atoms with van der Waals surface area (Å²) in [7, 11) is 0. The van der Waals surface area contributed by atoms with E-state index in [9.17, 15) is 9.59 Å². The molecule has 3 amide bonds. The molecule has 3 N–H and O–H groups in total. The van der Waals surface area contributed by atoms with Gasteiger partial charge in [0.25, 0.3) is 0 Å². The van der Waals surface area contributed by atoms with Gasteiger partial charge in [0, 0.05) is 19.7 Å². The lowest BCUT2D eigenvalue weighted by atomic mass is 9.95. The van der Waals surface area contributed by atoms with Gasteiger partial charge < -0.3 is 10.4 Å². The van der Waals surface area contributed by atoms with Crippen LogP contribution >= 0.6 is 0 Å². The molecule has 0 aliphatic carbocycles. The second-order valence-corrected chi connectivity index (χ2v) is 5.41. The highest BCUT2D eigenvalue weighted by Gasteiger charge is 2.21. The maximum atomic E-state index is 11.8. The van der Waals surface area contributed by atoms with Crippen molar-refractivity contribution in [2.75, 3.05) is 32.8 Å². The Labute approximate surface area is 120 Å². The van der Waals surface area contributed by atoms with Crippen LogP contribution in [0.3, 0.4) is 0 Å². The summed E-state index contributed by atoms with van der Waals surface area (Å²) in [4.78, 5) is 25.3. The van der Waals surface area contributed by atoms with E-state index in [0.29, 0.717) is 12.5 Å². The van der Waals surface area contributed by atoms with Gasteiger partial charge in [0.15, 0.2) is 0 Å². The first-order valence-electron chi connectivity index (χ1n) is 7.56. The van der Waals surface area contributed by atoms with Crippen LogP contribution in [0.4, 0.5) is 4.79 Å². The first kappa shape index (κ1) is 16.9. The molecule has 6 heteroatoms. The number of hydrogen-bond donors (Lipinski definition) is 3. The van der Waals surface area contributed by atoms with Crippen LogP contribution in [-0.4, -0.2) is 54.7 Å². The molecule has 0 aromatic carbocycles. The number of piperidine rings is 1. The number of nitrogens with one attached hydrogen (secondary N) is 2. The van der Waals surface area contributed by atoms with E-state index in [0.717, 1.165) is 45.2 Å². The van der Waals surface area contributed by atoms with Crippen LogP contribution in [0.2, 0.25) is 0 Å². The second-order valence-electron chi connectivity index (χ2n) is 5.41. The molecule has 116 valence electrons. The zero-order valence-corrected chi connectivity index (χ0v) is 12.4. The molecule has 1 rings (SSSR count). The number of aliphatic hydroxyl groups excluding tert-OH is 1. The largest absolute Gasteiger partial charge is 0.396 e. The molecule has 0 bridgehead atoms. The Kier molecular flexibility index (Phi) is 8.22. The van der Waals surface area contributed by atoms with E-state index in [1.54, 1.807) is 0 Å². The van der Waals surface area contributed by atoms with Gasteiger partial charge in [0.2, 0.25) is 5.91 Å². The number of unbranched alkanes of at least 4 members (excludes halogenated alkanes) is 1. The summed E-state index contributed by atoms with van der Waals surface area (Å²) < 4.78 is 0. The van der Waals surface area contributed by atoms with Crippen LogP contribution in [0.15, 0.2) is 0 Å². The van der Waals surface area contributed by atoms with Gasteiger partial charge in [0.1, 0.15) is 0 Å². The molecule has 0 saturated carbocycles. The zero-order valence-electron chi connectivity index (χ0n) is 12.4. The first-order chi connectivity index (χ1) is 9.65. The average molecular weight is 285 g/mol. The molecule has 1 fully saturated rings. The van der Waals surface area contributed by atoms with Gasteiger partial charge in [-0.25, -0.2) is 4.79 Å². The van der Waals surface area contributed by atoms with Gasteiger partial charge in [-0.2, -0.15) is 0 Å². The van der Waals surface area contributed by atoms with Gasteiger partial charge >= 0.3 is 6.03 Å². The van der Waals surface area contributed by atoms with Crippen LogP contribution < -0.4 is 10.6 Å². The van der Waals surface area contributed by atoms with Crippen LogP contribution in [0.1, 0.15) is 39.0 Å². The normalized spacial score (nSPS) is 19.6. The van der Waals surface area contributed by atoms with Crippen molar-refractivity contribution in [3.8, 4) is 0 Å². The molecule has 0 spiro atoms. The molecule has 1 heterocycles. The molecule has 0 radical (unpaired) electrons. The number of likely N-dealkylation sites (tertiary alicyclic amines) is 1. The van der Waals surface area contributed by atoms with E-state index >= 15 is 0 Å². The van der Waals surface area contributed by atoms with Crippen molar-refractivity contribution < 1.29 is 14.7 Å². The van der Waals surface area contributed by atoms with Crippen molar-refractivity contribution in [1.29, 1.82) is 0 Å². The Bertz CT molecular complexity index is 308. The minimum atomic E-state index is -0.410. The summed E-state index contributed by atoms with van der Waals surface area (Å²) in [5.74, 6) is 0.198. The molecule has 6 nitrogen and oxygen atoms in total. The fraction of sp³-hybridized carbons (Fsp3) is 0.857. The Hall–Kier alpha value is -1.14. The molecule has 1 aliphatic rings. The van der Waals surface area contributed by atoms with Gasteiger partial charge in [-0.15, -0.1) is 0 Å². The number of rotatable bonds is 7.